The van der Waals surface area contributed by atoms with Crippen molar-refractivity contribution in [1.29, 1.82) is 0 Å². The summed E-state index contributed by atoms with van der Waals surface area (Å²) in [6, 6.07) is 21.4. The minimum absolute atomic E-state index is 0.0171. The first-order valence-corrected chi connectivity index (χ1v) is 14.2. The van der Waals surface area contributed by atoms with Gasteiger partial charge in [0.2, 0.25) is 11.8 Å². The standard InChI is InChI=1S/C33H40FN3O6/c1-21(23-13-7-5-8-14-23)35-32(41)29(33(2,3)4)36-30(39)25(28(38)31(40)37-42)17-11-12-22-18-19-27(26(34)20-22)43-24-15-9-6-10-16-24/h5-10,13-16,18-21,25,28-29,38,42H,11-12,17H2,1-4H3,(H,35,41)(H,36,39)(H,37,40). The van der Waals surface area contributed by atoms with E-state index in [2.05, 4.69) is 10.6 Å². The van der Waals surface area contributed by atoms with Gasteiger partial charge in [-0.05, 0) is 67.0 Å². The van der Waals surface area contributed by atoms with E-state index in [9.17, 15) is 23.9 Å². The molecule has 3 amide bonds. The Morgan fingerprint density at radius 1 is 0.884 bits per heavy atom. The lowest BCUT2D eigenvalue weighted by atomic mass is 9.84. The van der Waals surface area contributed by atoms with Gasteiger partial charge in [0.1, 0.15) is 17.9 Å². The summed E-state index contributed by atoms with van der Waals surface area (Å²) in [5.41, 5.74) is 2.18. The third kappa shape index (κ3) is 9.62. The molecular weight excluding hydrogens is 553 g/mol. The third-order valence-electron chi connectivity index (χ3n) is 7.12. The van der Waals surface area contributed by atoms with E-state index in [0.717, 1.165) is 5.56 Å². The first-order chi connectivity index (χ1) is 20.4. The third-order valence-corrected chi connectivity index (χ3v) is 7.12. The maximum absolute atomic E-state index is 14.7. The second-order valence-electron chi connectivity index (χ2n) is 11.5. The Balaban J connectivity index is 1.69. The van der Waals surface area contributed by atoms with Crippen molar-refractivity contribution in [2.75, 3.05) is 0 Å². The summed E-state index contributed by atoms with van der Waals surface area (Å²) < 4.78 is 20.3. The highest BCUT2D eigenvalue weighted by atomic mass is 19.1. The molecule has 3 rings (SSSR count). The number of aliphatic hydroxyl groups excluding tert-OH is 1. The van der Waals surface area contributed by atoms with Crippen molar-refractivity contribution in [3.63, 3.8) is 0 Å². The molecule has 0 saturated carbocycles. The average molecular weight is 594 g/mol. The molecule has 0 heterocycles. The molecule has 9 nitrogen and oxygen atoms in total. The number of nitrogens with one attached hydrogen (secondary N) is 3. The monoisotopic (exact) mass is 593 g/mol. The predicted octanol–water partition coefficient (Wildman–Crippen LogP) is 4.83. The minimum Gasteiger partial charge on any atom is -0.454 e. The molecule has 0 aromatic heterocycles. The minimum atomic E-state index is -1.88. The van der Waals surface area contributed by atoms with E-state index >= 15 is 0 Å². The van der Waals surface area contributed by atoms with Crippen molar-refractivity contribution in [2.24, 2.45) is 11.3 Å². The summed E-state index contributed by atoms with van der Waals surface area (Å²) in [5.74, 6) is -3.59. The summed E-state index contributed by atoms with van der Waals surface area (Å²) >= 11 is 0. The molecule has 0 fully saturated rings. The maximum Gasteiger partial charge on any atom is 0.272 e. The molecule has 4 unspecified atom stereocenters. The lowest BCUT2D eigenvalue weighted by Gasteiger charge is -2.33. The van der Waals surface area contributed by atoms with Gasteiger partial charge in [-0.25, -0.2) is 9.87 Å². The summed E-state index contributed by atoms with van der Waals surface area (Å²) in [4.78, 5) is 38.9. The second kappa shape index (κ2) is 15.3. The Hall–Kier alpha value is -4.28. The van der Waals surface area contributed by atoms with Gasteiger partial charge in [-0.1, -0.05) is 75.4 Å². The molecule has 5 N–H and O–H groups in total. The number of rotatable bonds is 13. The number of halogens is 1. The number of benzene rings is 3. The van der Waals surface area contributed by atoms with Gasteiger partial charge in [-0.15, -0.1) is 0 Å². The number of amides is 3. The number of ether oxygens (including phenoxy) is 1. The number of aliphatic hydroxyl groups is 1. The molecule has 4 atom stereocenters. The molecule has 43 heavy (non-hydrogen) atoms. The van der Waals surface area contributed by atoms with Gasteiger partial charge >= 0.3 is 0 Å². The van der Waals surface area contributed by atoms with Crippen molar-refractivity contribution in [3.05, 3.63) is 95.8 Å². The fourth-order valence-corrected chi connectivity index (χ4v) is 4.65. The molecule has 10 heteroatoms. The predicted molar refractivity (Wildman–Crippen MR) is 160 cm³/mol. The summed E-state index contributed by atoms with van der Waals surface area (Å²) in [6.07, 6.45) is -1.24. The number of hydrogen-bond donors (Lipinski definition) is 5. The number of hydroxylamine groups is 1. The van der Waals surface area contributed by atoms with Crippen LogP contribution >= 0.6 is 0 Å². The van der Waals surface area contributed by atoms with Crippen LogP contribution in [0.3, 0.4) is 0 Å². The molecule has 0 aliphatic carbocycles. The van der Waals surface area contributed by atoms with E-state index in [0.29, 0.717) is 24.2 Å². The number of hydrogen-bond acceptors (Lipinski definition) is 6. The van der Waals surface area contributed by atoms with Crippen LogP contribution < -0.4 is 20.9 Å². The van der Waals surface area contributed by atoms with Crippen LogP contribution in [0.2, 0.25) is 0 Å². The summed E-state index contributed by atoms with van der Waals surface area (Å²) in [5, 5.41) is 25.3. The summed E-state index contributed by atoms with van der Waals surface area (Å²) in [6.45, 7) is 7.19. The van der Waals surface area contributed by atoms with Crippen molar-refractivity contribution >= 4 is 17.7 Å². The molecule has 0 spiro atoms. The highest BCUT2D eigenvalue weighted by Crippen LogP contribution is 2.27. The molecule has 3 aromatic rings. The molecule has 0 aliphatic rings. The Bertz CT molecular complexity index is 1360. The van der Waals surface area contributed by atoms with E-state index in [4.69, 9.17) is 9.94 Å². The number of carbonyl (C=O) groups excluding carboxylic acids is 3. The van der Waals surface area contributed by atoms with Crippen molar-refractivity contribution < 1.29 is 33.8 Å². The van der Waals surface area contributed by atoms with E-state index < -0.39 is 47.0 Å². The van der Waals surface area contributed by atoms with Crippen LogP contribution in [0.15, 0.2) is 78.9 Å². The van der Waals surface area contributed by atoms with Crippen LogP contribution in [0, 0.1) is 17.2 Å². The molecule has 3 aromatic carbocycles. The average Bonchev–Trinajstić information content (AvgIpc) is 2.98. The van der Waals surface area contributed by atoms with E-state index in [1.165, 1.54) is 17.6 Å². The van der Waals surface area contributed by atoms with Gasteiger partial charge in [0, 0.05) is 0 Å². The Morgan fingerprint density at radius 3 is 2.09 bits per heavy atom. The maximum atomic E-state index is 14.7. The van der Waals surface area contributed by atoms with E-state index in [-0.39, 0.29) is 18.2 Å². The van der Waals surface area contributed by atoms with Gasteiger partial charge in [-0.3, -0.25) is 19.6 Å². The normalized spacial score (nSPS) is 14.1. The van der Waals surface area contributed by atoms with Crippen molar-refractivity contribution in [3.8, 4) is 11.5 Å². The van der Waals surface area contributed by atoms with Gasteiger partial charge in [0.25, 0.3) is 5.91 Å². The first-order valence-electron chi connectivity index (χ1n) is 14.2. The van der Waals surface area contributed by atoms with Gasteiger partial charge in [0.15, 0.2) is 11.6 Å². The van der Waals surface area contributed by atoms with Gasteiger partial charge in [0.05, 0.1) is 12.0 Å². The van der Waals surface area contributed by atoms with E-state index in [1.807, 2.05) is 43.3 Å². The Morgan fingerprint density at radius 2 is 1.51 bits per heavy atom. The Labute approximate surface area is 251 Å². The fraction of sp³-hybridized carbons (Fsp3) is 0.364. The zero-order chi connectivity index (χ0) is 31.6. The second-order valence-corrected chi connectivity index (χ2v) is 11.5. The van der Waals surface area contributed by atoms with Crippen molar-refractivity contribution in [2.45, 2.75) is 65.1 Å². The Kier molecular flexibility index (Phi) is 11.8. The number of para-hydroxylation sites is 1. The number of carbonyl (C=O) groups is 3. The zero-order valence-electron chi connectivity index (χ0n) is 24.8. The van der Waals surface area contributed by atoms with Crippen LogP contribution in [0.1, 0.15) is 57.7 Å². The van der Waals surface area contributed by atoms with Gasteiger partial charge in [-0.2, -0.15) is 0 Å². The van der Waals surface area contributed by atoms with Crippen LogP contribution in [0.5, 0.6) is 11.5 Å². The molecule has 0 bridgehead atoms. The SMILES string of the molecule is CC(NC(=O)C(NC(=O)C(CCCc1ccc(Oc2ccccc2)c(F)c1)C(O)C(=O)NO)C(C)(C)C)c1ccccc1. The fourth-order valence-electron chi connectivity index (χ4n) is 4.65. The summed E-state index contributed by atoms with van der Waals surface area (Å²) in [7, 11) is 0. The smallest absolute Gasteiger partial charge is 0.272 e. The van der Waals surface area contributed by atoms with E-state index in [1.54, 1.807) is 51.1 Å². The quantitative estimate of drug-likeness (QED) is 0.142. The first kappa shape index (κ1) is 33.2. The zero-order valence-corrected chi connectivity index (χ0v) is 24.8. The van der Waals surface area contributed by atoms with Crippen LogP contribution in [-0.4, -0.2) is 40.2 Å². The van der Waals surface area contributed by atoms with Crippen LogP contribution in [-0.2, 0) is 20.8 Å². The topological polar surface area (TPSA) is 137 Å². The van der Waals surface area contributed by atoms with Crippen molar-refractivity contribution in [1.82, 2.24) is 16.1 Å². The molecule has 0 saturated heterocycles. The molecule has 230 valence electrons. The molecule has 0 radical (unpaired) electrons. The molecular formula is C33H40FN3O6. The van der Waals surface area contributed by atoms with Crippen LogP contribution in [0.25, 0.3) is 0 Å². The highest BCUT2D eigenvalue weighted by Gasteiger charge is 2.38. The van der Waals surface area contributed by atoms with Gasteiger partial charge < -0.3 is 20.5 Å². The largest absolute Gasteiger partial charge is 0.454 e. The van der Waals surface area contributed by atoms with Crippen LogP contribution in [0.4, 0.5) is 4.39 Å². The lowest BCUT2D eigenvalue weighted by molar-refractivity contribution is -0.147. The molecule has 0 aliphatic heterocycles. The highest BCUT2D eigenvalue weighted by molar-refractivity contribution is 5.92. The number of aryl methyl sites for hydroxylation is 1. The lowest BCUT2D eigenvalue weighted by Crippen LogP contribution is -2.56.